The molecule has 0 bridgehead atoms. The third-order valence-electron chi connectivity index (χ3n) is 0.803. The average Bonchev–Trinajstić information content (AvgIpc) is 1.65. The maximum atomic E-state index is 10.1. The maximum Gasteiger partial charge on any atom is 0.329 e. The van der Waals surface area contributed by atoms with Gasteiger partial charge in [-0.3, -0.25) is 0 Å². The van der Waals surface area contributed by atoms with E-state index in [0.29, 0.717) is 0 Å². The number of thiol groups is 2. The van der Waals surface area contributed by atoms with Gasteiger partial charge in [-0.05, 0) is 0 Å². The van der Waals surface area contributed by atoms with E-state index in [1.54, 1.807) is 0 Å². The SMILES string of the molecule is O=C(O)C(S)(S)CCO. The summed E-state index contributed by atoms with van der Waals surface area (Å²) in [6.45, 7) is -0.223. The van der Waals surface area contributed by atoms with E-state index in [1.807, 2.05) is 0 Å². The number of carbonyl (C=O) groups is 1. The van der Waals surface area contributed by atoms with Crippen molar-refractivity contribution in [2.24, 2.45) is 0 Å². The molecule has 0 radical (unpaired) electrons. The lowest BCUT2D eigenvalue weighted by Gasteiger charge is -2.14. The third-order valence-corrected chi connectivity index (χ3v) is 1.63. The Kier molecular flexibility index (Phi) is 3.38. The Morgan fingerprint density at radius 1 is 1.56 bits per heavy atom. The van der Waals surface area contributed by atoms with Crippen LogP contribution in [0.4, 0.5) is 0 Å². The minimum absolute atomic E-state index is 0.0363. The van der Waals surface area contributed by atoms with E-state index < -0.39 is 10.0 Å². The van der Waals surface area contributed by atoms with Crippen molar-refractivity contribution in [3.8, 4) is 0 Å². The minimum Gasteiger partial charge on any atom is -0.480 e. The van der Waals surface area contributed by atoms with Gasteiger partial charge < -0.3 is 10.2 Å². The molecule has 0 fully saturated rings. The number of hydrogen-bond acceptors (Lipinski definition) is 4. The van der Waals surface area contributed by atoms with Crippen molar-refractivity contribution in [3.05, 3.63) is 0 Å². The molecule has 0 saturated heterocycles. The van der Waals surface area contributed by atoms with Crippen molar-refractivity contribution < 1.29 is 15.0 Å². The van der Waals surface area contributed by atoms with Crippen molar-refractivity contribution in [1.82, 2.24) is 0 Å². The van der Waals surface area contributed by atoms with Crippen LogP contribution >= 0.6 is 25.3 Å². The van der Waals surface area contributed by atoms with Gasteiger partial charge in [-0.2, -0.15) is 25.3 Å². The first-order chi connectivity index (χ1) is 4.00. The normalized spacial score (nSPS) is 11.4. The van der Waals surface area contributed by atoms with Crippen LogP contribution in [-0.4, -0.2) is 26.9 Å². The fourth-order valence-electron chi connectivity index (χ4n) is 0.263. The summed E-state index contributed by atoms with van der Waals surface area (Å²) in [5.41, 5.74) is 0. The Morgan fingerprint density at radius 3 is 2.11 bits per heavy atom. The third kappa shape index (κ3) is 2.98. The molecule has 0 saturated carbocycles. The zero-order chi connectivity index (χ0) is 7.49. The highest BCUT2D eigenvalue weighted by atomic mass is 32.2. The van der Waals surface area contributed by atoms with Crippen LogP contribution in [0.3, 0.4) is 0 Å². The van der Waals surface area contributed by atoms with Crippen LogP contribution in [0.1, 0.15) is 6.42 Å². The smallest absolute Gasteiger partial charge is 0.329 e. The van der Waals surface area contributed by atoms with Crippen LogP contribution in [0.5, 0.6) is 0 Å². The summed E-state index contributed by atoms with van der Waals surface area (Å²) in [5.74, 6) is -1.14. The van der Waals surface area contributed by atoms with Crippen molar-refractivity contribution >= 4 is 31.2 Å². The molecule has 0 atom stereocenters. The van der Waals surface area contributed by atoms with Crippen LogP contribution < -0.4 is 0 Å². The summed E-state index contributed by atoms with van der Waals surface area (Å²) < 4.78 is -1.39. The molecule has 0 aliphatic carbocycles. The molecule has 9 heavy (non-hydrogen) atoms. The second kappa shape index (κ2) is 3.34. The van der Waals surface area contributed by atoms with Gasteiger partial charge in [-0.15, -0.1) is 0 Å². The van der Waals surface area contributed by atoms with Gasteiger partial charge in [0.1, 0.15) is 0 Å². The van der Waals surface area contributed by atoms with Gasteiger partial charge >= 0.3 is 5.97 Å². The molecule has 0 aromatic rings. The fraction of sp³-hybridized carbons (Fsp3) is 0.750. The lowest BCUT2D eigenvalue weighted by molar-refractivity contribution is -0.137. The summed E-state index contributed by atoms with van der Waals surface area (Å²) >= 11 is 7.33. The molecular formula is C4H8O3S2. The Hall–Kier alpha value is 0.130. The molecular weight excluding hydrogens is 160 g/mol. The number of carboxylic acid groups (broad SMARTS) is 1. The lowest BCUT2D eigenvalue weighted by Crippen LogP contribution is -2.26. The second-order valence-corrected chi connectivity index (χ2v) is 3.48. The molecule has 54 valence electrons. The standard InChI is InChI=1S/C4H8O3S2/c5-2-1-4(8,9)3(6)7/h5,8-9H,1-2H2,(H,6,7). The Morgan fingerprint density at radius 2 is 2.00 bits per heavy atom. The molecule has 0 rings (SSSR count). The summed E-state index contributed by atoms with van der Waals surface area (Å²) in [6.07, 6.45) is 0.0363. The highest BCUT2D eigenvalue weighted by molar-refractivity contribution is 8.01. The number of aliphatic hydroxyl groups excluding tert-OH is 1. The number of aliphatic carboxylic acids is 1. The monoisotopic (exact) mass is 168 g/mol. The van der Waals surface area contributed by atoms with E-state index in [-0.39, 0.29) is 13.0 Å². The van der Waals surface area contributed by atoms with E-state index in [1.165, 1.54) is 0 Å². The van der Waals surface area contributed by atoms with Crippen molar-refractivity contribution in [1.29, 1.82) is 0 Å². The van der Waals surface area contributed by atoms with Crippen LogP contribution in [0, 0.1) is 0 Å². The zero-order valence-corrected chi connectivity index (χ0v) is 6.40. The molecule has 3 nitrogen and oxygen atoms in total. The number of carboxylic acids is 1. The van der Waals surface area contributed by atoms with Crippen LogP contribution in [0.2, 0.25) is 0 Å². The van der Waals surface area contributed by atoms with E-state index in [2.05, 4.69) is 25.3 Å². The highest BCUT2D eigenvalue weighted by Gasteiger charge is 2.28. The maximum absolute atomic E-state index is 10.1. The van der Waals surface area contributed by atoms with Gasteiger partial charge in [0.2, 0.25) is 0 Å². The molecule has 5 heteroatoms. The van der Waals surface area contributed by atoms with Gasteiger partial charge in [0, 0.05) is 13.0 Å². The minimum atomic E-state index is -1.39. The zero-order valence-electron chi connectivity index (χ0n) is 4.61. The number of rotatable bonds is 3. The van der Waals surface area contributed by atoms with Gasteiger partial charge in [0.25, 0.3) is 0 Å². The first-order valence-corrected chi connectivity index (χ1v) is 3.19. The predicted molar refractivity (Wildman–Crippen MR) is 40.0 cm³/mol. The molecule has 0 amide bonds. The molecule has 2 N–H and O–H groups in total. The fourth-order valence-corrected chi connectivity index (χ4v) is 0.463. The Balaban J connectivity index is 3.85. The van der Waals surface area contributed by atoms with E-state index in [9.17, 15) is 4.79 Å². The first-order valence-electron chi connectivity index (χ1n) is 2.29. The molecule has 0 spiro atoms. The van der Waals surface area contributed by atoms with Crippen molar-refractivity contribution in [3.63, 3.8) is 0 Å². The van der Waals surface area contributed by atoms with Crippen LogP contribution in [0.25, 0.3) is 0 Å². The summed E-state index contributed by atoms with van der Waals surface area (Å²) in [5, 5.41) is 16.6. The molecule has 0 unspecified atom stereocenters. The van der Waals surface area contributed by atoms with Gasteiger partial charge in [0.05, 0.1) is 0 Å². The Bertz CT molecular complexity index is 112. The first kappa shape index (κ1) is 9.13. The van der Waals surface area contributed by atoms with E-state index in [0.717, 1.165) is 0 Å². The Labute approximate surface area is 63.9 Å². The quantitative estimate of drug-likeness (QED) is 0.355. The lowest BCUT2D eigenvalue weighted by atomic mass is 10.3. The topological polar surface area (TPSA) is 57.5 Å². The number of hydrogen-bond donors (Lipinski definition) is 4. The molecule has 0 heterocycles. The van der Waals surface area contributed by atoms with Gasteiger partial charge in [0.15, 0.2) is 4.08 Å². The molecule has 0 aromatic carbocycles. The van der Waals surface area contributed by atoms with Gasteiger partial charge in [-0.25, -0.2) is 4.79 Å². The average molecular weight is 168 g/mol. The van der Waals surface area contributed by atoms with E-state index in [4.69, 9.17) is 10.2 Å². The van der Waals surface area contributed by atoms with Gasteiger partial charge in [-0.1, -0.05) is 0 Å². The second-order valence-electron chi connectivity index (χ2n) is 1.60. The van der Waals surface area contributed by atoms with E-state index >= 15 is 0 Å². The number of aliphatic hydroxyl groups is 1. The molecule has 0 aliphatic rings. The summed E-state index contributed by atoms with van der Waals surface area (Å²) in [7, 11) is 0. The van der Waals surface area contributed by atoms with Crippen LogP contribution in [0.15, 0.2) is 0 Å². The molecule has 0 aliphatic heterocycles. The predicted octanol–water partition coefficient (Wildman–Crippen LogP) is 0.00930. The summed E-state index contributed by atoms with van der Waals surface area (Å²) in [6, 6.07) is 0. The largest absolute Gasteiger partial charge is 0.480 e. The van der Waals surface area contributed by atoms with Crippen molar-refractivity contribution in [2.75, 3.05) is 6.61 Å². The summed E-state index contributed by atoms with van der Waals surface area (Å²) in [4.78, 5) is 10.1. The molecule has 0 aromatic heterocycles. The van der Waals surface area contributed by atoms with Crippen LogP contribution in [-0.2, 0) is 4.79 Å². The van der Waals surface area contributed by atoms with Crippen molar-refractivity contribution in [2.45, 2.75) is 10.5 Å². The highest BCUT2D eigenvalue weighted by Crippen LogP contribution is 2.23.